The highest BCUT2D eigenvalue weighted by Crippen LogP contribution is 1.90. The number of nitrogens with zero attached hydrogens (tertiary/aromatic N) is 3. The van der Waals surface area contributed by atoms with Crippen molar-refractivity contribution >= 4 is 0 Å². The summed E-state index contributed by atoms with van der Waals surface area (Å²) in [6.07, 6.45) is 5.92. The van der Waals surface area contributed by atoms with Crippen molar-refractivity contribution in [2.75, 3.05) is 0 Å². The summed E-state index contributed by atoms with van der Waals surface area (Å²) in [7, 11) is 0. The van der Waals surface area contributed by atoms with Gasteiger partial charge >= 0.3 is 0 Å². The van der Waals surface area contributed by atoms with Crippen LogP contribution in [0.5, 0.6) is 0 Å². The first-order valence-electron chi connectivity index (χ1n) is 4.26. The van der Waals surface area contributed by atoms with E-state index < -0.39 is 0 Å². The van der Waals surface area contributed by atoms with Crippen molar-refractivity contribution in [3.05, 3.63) is 12.7 Å². The van der Waals surface area contributed by atoms with E-state index in [1.807, 2.05) is 18.4 Å². The third-order valence-electron chi connectivity index (χ3n) is 1.24. The Balaban J connectivity index is 0.000000461. The van der Waals surface area contributed by atoms with Crippen molar-refractivity contribution in [3.63, 3.8) is 0 Å². The third kappa shape index (κ3) is 4.53. The van der Waals surface area contributed by atoms with Crippen LogP contribution in [0, 0.1) is 0 Å². The van der Waals surface area contributed by atoms with E-state index in [0.717, 1.165) is 6.54 Å². The van der Waals surface area contributed by atoms with Crippen LogP contribution in [-0.4, -0.2) is 14.8 Å². The highest BCUT2D eigenvalue weighted by Gasteiger charge is 1.86. The Morgan fingerprint density at radius 2 is 1.73 bits per heavy atom. The zero-order chi connectivity index (χ0) is 8.53. The molecule has 3 nitrogen and oxygen atoms in total. The van der Waals surface area contributed by atoms with E-state index in [0.29, 0.717) is 0 Å². The summed E-state index contributed by atoms with van der Waals surface area (Å²) < 4.78 is 1.99. The Labute approximate surface area is 68.5 Å². The Kier molecular flexibility index (Phi) is 6.68. The Morgan fingerprint density at radius 3 is 2.18 bits per heavy atom. The van der Waals surface area contributed by atoms with Crippen LogP contribution in [0.15, 0.2) is 12.7 Å². The van der Waals surface area contributed by atoms with E-state index in [1.54, 1.807) is 12.7 Å². The lowest BCUT2D eigenvalue weighted by atomic mass is 10.3. The minimum Gasteiger partial charge on any atom is -0.320 e. The first-order valence-corrected chi connectivity index (χ1v) is 4.26. The molecule has 64 valence electrons. The molecular weight excluding hydrogens is 138 g/mol. The van der Waals surface area contributed by atoms with Crippen molar-refractivity contribution in [3.8, 4) is 0 Å². The highest BCUT2D eigenvalue weighted by molar-refractivity contribution is 4.58. The summed E-state index contributed by atoms with van der Waals surface area (Å²) in [6, 6.07) is 0. The van der Waals surface area contributed by atoms with Crippen molar-refractivity contribution in [1.29, 1.82) is 0 Å². The fourth-order valence-electron chi connectivity index (χ4n) is 0.678. The van der Waals surface area contributed by atoms with Crippen LogP contribution < -0.4 is 0 Å². The number of aromatic nitrogens is 3. The maximum absolute atomic E-state index is 3.69. The minimum absolute atomic E-state index is 1.05. The Hall–Kier alpha value is -0.860. The van der Waals surface area contributed by atoms with Crippen molar-refractivity contribution in [2.24, 2.45) is 0 Å². The van der Waals surface area contributed by atoms with Crippen molar-refractivity contribution < 1.29 is 0 Å². The SMILES string of the molecule is CC.CCCCn1cnnc1. The topological polar surface area (TPSA) is 30.7 Å². The highest BCUT2D eigenvalue weighted by atomic mass is 15.2. The van der Waals surface area contributed by atoms with Gasteiger partial charge in [0.25, 0.3) is 0 Å². The Morgan fingerprint density at radius 1 is 1.18 bits per heavy atom. The molecule has 3 heteroatoms. The molecule has 11 heavy (non-hydrogen) atoms. The van der Waals surface area contributed by atoms with Crippen LogP contribution in [-0.2, 0) is 6.54 Å². The molecule has 1 rings (SSSR count). The van der Waals surface area contributed by atoms with Crippen LogP contribution in [0.3, 0.4) is 0 Å². The van der Waals surface area contributed by atoms with Gasteiger partial charge in [0.15, 0.2) is 0 Å². The molecule has 0 spiro atoms. The molecule has 0 saturated heterocycles. The van der Waals surface area contributed by atoms with Crippen molar-refractivity contribution in [1.82, 2.24) is 14.8 Å². The van der Waals surface area contributed by atoms with E-state index in [9.17, 15) is 0 Å². The van der Waals surface area contributed by atoms with Gasteiger partial charge < -0.3 is 4.57 Å². The molecule has 0 radical (unpaired) electrons. The zero-order valence-corrected chi connectivity index (χ0v) is 7.62. The molecule has 0 amide bonds. The fraction of sp³-hybridized carbons (Fsp3) is 0.750. The molecule has 1 heterocycles. The second-order valence-corrected chi connectivity index (χ2v) is 2.05. The molecule has 0 atom stereocenters. The molecule has 0 unspecified atom stereocenters. The van der Waals surface area contributed by atoms with Crippen LogP contribution in [0.25, 0.3) is 0 Å². The molecule has 0 fully saturated rings. The normalized spacial score (nSPS) is 8.64. The second-order valence-electron chi connectivity index (χ2n) is 2.05. The number of unbranched alkanes of at least 4 members (excludes halogenated alkanes) is 1. The third-order valence-corrected chi connectivity index (χ3v) is 1.24. The zero-order valence-electron chi connectivity index (χ0n) is 7.62. The molecular formula is C8H17N3. The van der Waals surface area contributed by atoms with Gasteiger partial charge in [-0.1, -0.05) is 27.2 Å². The molecule has 0 aromatic carbocycles. The first-order chi connectivity index (χ1) is 5.43. The van der Waals surface area contributed by atoms with E-state index >= 15 is 0 Å². The molecule has 0 N–H and O–H groups in total. The van der Waals surface area contributed by atoms with E-state index in [-0.39, 0.29) is 0 Å². The minimum atomic E-state index is 1.05. The van der Waals surface area contributed by atoms with Crippen LogP contribution in [0.4, 0.5) is 0 Å². The summed E-state index contributed by atoms with van der Waals surface area (Å²) >= 11 is 0. The summed E-state index contributed by atoms with van der Waals surface area (Å²) in [6.45, 7) is 7.22. The standard InChI is InChI=1S/C6H11N3.C2H6/c1-2-3-4-9-5-7-8-6-9;1-2/h5-6H,2-4H2,1H3;1-2H3. The smallest absolute Gasteiger partial charge is 0.119 e. The van der Waals surface area contributed by atoms with Gasteiger partial charge in [0.05, 0.1) is 0 Å². The average Bonchev–Trinajstić information content (AvgIpc) is 2.57. The molecule has 0 bridgehead atoms. The van der Waals surface area contributed by atoms with Crippen LogP contribution in [0.2, 0.25) is 0 Å². The molecule has 0 aliphatic carbocycles. The fourth-order valence-corrected chi connectivity index (χ4v) is 0.678. The van der Waals surface area contributed by atoms with Crippen LogP contribution in [0.1, 0.15) is 33.6 Å². The molecule has 0 saturated carbocycles. The molecule has 1 aromatic heterocycles. The summed E-state index contributed by atoms with van der Waals surface area (Å²) in [4.78, 5) is 0. The van der Waals surface area contributed by atoms with E-state index in [4.69, 9.17) is 0 Å². The number of hydrogen-bond donors (Lipinski definition) is 0. The lowest BCUT2D eigenvalue weighted by molar-refractivity contribution is 0.630. The van der Waals surface area contributed by atoms with Gasteiger partial charge in [-0.2, -0.15) is 0 Å². The molecule has 0 aliphatic heterocycles. The maximum Gasteiger partial charge on any atom is 0.119 e. The summed E-state index contributed by atoms with van der Waals surface area (Å²) in [5.41, 5.74) is 0. The second kappa shape index (κ2) is 7.25. The largest absolute Gasteiger partial charge is 0.320 e. The lowest BCUT2D eigenvalue weighted by Gasteiger charge is -1.95. The summed E-state index contributed by atoms with van der Waals surface area (Å²) in [5.74, 6) is 0. The predicted octanol–water partition coefficient (Wildman–Crippen LogP) is 2.10. The van der Waals surface area contributed by atoms with Crippen LogP contribution >= 0.6 is 0 Å². The number of hydrogen-bond acceptors (Lipinski definition) is 2. The van der Waals surface area contributed by atoms with Gasteiger partial charge in [0, 0.05) is 6.54 Å². The van der Waals surface area contributed by atoms with E-state index in [2.05, 4.69) is 17.1 Å². The number of rotatable bonds is 3. The van der Waals surface area contributed by atoms with Gasteiger partial charge in [0.2, 0.25) is 0 Å². The van der Waals surface area contributed by atoms with Crippen molar-refractivity contribution in [2.45, 2.75) is 40.2 Å². The Bertz CT molecular complexity index is 146. The van der Waals surface area contributed by atoms with Gasteiger partial charge in [-0.25, -0.2) is 0 Å². The van der Waals surface area contributed by atoms with E-state index in [1.165, 1.54) is 12.8 Å². The predicted molar refractivity (Wildman–Crippen MR) is 46.3 cm³/mol. The van der Waals surface area contributed by atoms with Gasteiger partial charge in [-0.05, 0) is 6.42 Å². The number of aryl methyl sites for hydroxylation is 1. The monoisotopic (exact) mass is 155 g/mol. The van der Waals surface area contributed by atoms with Gasteiger partial charge in [-0.3, -0.25) is 0 Å². The van der Waals surface area contributed by atoms with Gasteiger partial charge in [0.1, 0.15) is 12.7 Å². The quantitative estimate of drug-likeness (QED) is 0.669. The first kappa shape index (κ1) is 10.1. The summed E-state index contributed by atoms with van der Waals surface area (Å²) in [5, 5.41) is 7.38. The van der Waals surface area contributed by atoms with Gasteiger partial charge in [-0.15, -0.1) is 10.2 Å². The average molecular weight is 155 g/mol. The molecule has 1 aromatic rings. The maximum atomic E-state index is 3.69. The lowest BCUT2D eigenvalue weighted by Crippen LogP contribution is -1.92. The molecule has 0 aliphatic rings.